The third-order valence-electron chi connectivity index (χ3n) is 6.70. The zero-order chi connectivity index (χ0) is 20.8. The Hall–Kier alpha value is -1.82. The Kier molecular flexibility index (Phi) is 7.76. The predicted molar refractivity (Wildman–Crippen MR) is 115 cm³/mol. The van der Waals surface area contributed by atoms with E-state index in [1.807, 2.05) is 6.92 Å². The molecule has 1 atom stereocenters. The Bertz CT molecular complexity index is 668. The molecule has 1 saturated carbocycles. The number of aliphatic hydroxyl groups is 1. The molecule has 0 radical (unpaired) electrons. The largest absolute Gasteiger partial charge is 0.393 e. The van der Waals surface area contributed by atoms with Crippen molar-refractivity contribution in [2.45, 2.75) is 70.9 Å². The first-order chi connectivity index (χ1) is 14.0. The minimum Gasteiger partial charge on any atom is -0.393 e. The molecule has 1 heterocycles. The van der Waals surface area contributed by atoms with Gasteiger partial charge in [-0.3, -0.25) is 0 Å². The summed E-state index contributed by atoms with van der Waals surface area (Å²) < 4.78 is 13.9. The summed E-state index contributed by atoms with van der Waals surface area (Å²) in [4.78, 5) is 14.6. The van der Waals surface area contributed by atoms with Gasteiger partial charge in [0.2, 0.25) is 0 Å². The molecule has 2 aliphatic rings. The average molecular weight is 406 g/mol. The lowest BCUT2D eigenvalue weighted by Crippen LogP contribution is -2.41. The number of rotatable bonds is 6. The standard InChI is InChI=1S/C23H36FN3O2/c1-3-17-4-6-18(7-5-17)15-25-23(29)26-16(2)21-14-19(24)8-9-22(21)27-12-10-20(28)11-13-27/h8-9,14,16-18,20,28H,3-7,10-13,15H2,1-2H3,(H2,25,26,29). The molecule has 3 N–H and O–H groups in total. The van der Waals surface area contributed by atoms with Crippen LogP contribution in [-0.2, 0) is 0 Å². The normalized spacial score (nSPS) is 24.2. The van der Waals surface area contributed by atoms with Crippen LogP contribution in [0.5, 0.6) is 0 Å². The second-order valence-corrected chi connectivity index (χ2v) is 8.79. The van der Waals surface area contributed by atoms with Crippen LogP contribution in [0.25, 0.3) is 0 Å². The van der Waals surface area contributed by atoms with Crippen LogP contribution < -0.4 is 15.5 Å². The number of piperidine rings is 1. The van der Waals surface area contributed by atoms with Gasteiger partial charge in [-0.1, -0.05) is 26.2 Å². The molecule has 1 aromatic rings. The molecule has 3 rings (SSSR count). The number of benzene rings is 1. The Morgan fingerprint density at radius 3 is 2.48 bits per heavy atom. The van der Waals surface area contributed by atoms with E-state index in [0.717, 1.165) is 30.3 Å². The number of amides is 2. The number of carbonyl (C=O) groups excluding carboxylic acids is 1. The molecule has 1 aliphatic carbocycles. The Balaban J connectivity index is 1.55. The highest BCUT2D eigenvalue weighted by molar-refractivity contribution is 5.75. The van der Waals surface area contributed by atoms with Gasteiger partial charge in [-0.25, -0.2) is 9.18 Å². The topological polar surface area (TPSA) is 64.6 Å². The van der Waals surface area contributed by atoms with Crippen molar-refractivity contribution in [1.29, 1.82) is 0 Å². The third kappa shape index (κ3) is 6.08. The van der Waals surface area contributed by atoms with Crippen LogP contribution in [0.1, 0.15) is 70.4 Å². The summed E-state index contributed by atoms with van der Waals surface area (Å²) in [6.07, 6.45) is 7.30. The molecule has 6 heteroatoms. The average Bonchev–Trinajstić information content (AvgIpc) is 2.73. The lowest BCUT2D eigenvalue weighted by molar-refractivity contribution is 0.145. The quantitative estimate of drug-likeness (QED) is 0.659. The molecule has 2 amide bonds. The number of aliphatic hydroxyl groups excluding tert-OH is 1. The van der Waals surface area contributed by atoms with Crippen LogP contribution in [0.15, 0.2) is 18.2 Å². The minimum absolute atomic E-state index is 0.195. The number of hydrogen-bond donors (Lipinski definition) is 3. The molecule has 2 fully saturated rings. The third-order valence-corrected chi connectivity index (χ3v) is 6.70. The van der Waals surface area contributed by atoms with Crippen molar-refractivity contribution in [3.05, 3.63) is 29.6 Å². The van der Waals surface area contributed by atoms with Gasteiger partial charge in [0.1, 0.15) is 5.82 Å². The summed E-state index contributed by atoms with van der Waals surface area (Å²) >= 11 is 0. The van der Waals surface area contributed by atoms with Gasteiger partial charge < -0.3 is 20.6 Å². The van der Waals surface area contributed by atoms with Gasteiger partial charge in [-0.05, 0) is 62.6 Å². The lowest BCUT2D eigenvalue weighted by Gasteiger charge is -2.34. The molecular formula is C23H36FN3O2. The van der Waals surface area contributed by atoms with Crippen LogP contribution >= 0.6 is 0 Å². The lowest BCUT2D eigenvalue weighted by atomic mass is 9.81. The van der Waals surface area contributed by atoms with E-state index in [4.69, 9.17) is 0 Å². The van der Waals surface area contributed by atoms with E-state index in [0.29, 0.717) is 25.3 Å². The van der Waals surface area contributed by atoms with Gasteiger partial charge in [-0.2, -0.15) is 0 Å². The molecule has 1 saturated heterocycles. The van der Waals surface area contributed by atoms with Gasteiger partial charge in [-0.15, -0.1) is 0 Å². The molecular weight excluding hydrogens is 369 g/mol. The zero-order valence-electron chi connectivity index (χ0n) is 17.8. The zero-order valence-corrected chi connectivity index (χ0v) is 17.8. The van der Waals surface area contributed by atoms with Crippen LogP contribution in [0.4, 0.5) is 14.9 Å². The van der Waals surface area contributed by atoms with E-state index < -0.39 is 0 Å². The molecule has 0 aromatic heterocycles. The predicted octanol–water partition coefficient (Wildman–Crippen LogP) is 4.36. The summed E-state index contributed by atoms with van der Waals surface area (Å²) in [6.45, 7) is 6.32. The first-order valence-electron chi connectivity index (χ1n) is 11.2. The van der Waals surface area contributed by atoms with Crippen molar-refractivity contribution in [2.75, 3.05) is 24.5 Å². The fourth-order valence-electron chi connectivity index (χ4n) is 4.67. The second kappa shape index (κ2) is 10.3. The number of nitrogens with one attached hydrogen (secondary N) is 2. The number of hydrogen-bond acceptors (Lipinski definition) is 3. The molecule has 0 spiro atoms. The first kappa shape index (κ1) is 21.9. The molecule has 29 heavy (non-hydrogen) atoms. The van der Waals surface area contributed by atoms with Gasteiger partial charge in [0, 0.05) is 30.9 Å². The highest BCUT2D eigenvalue weighted by Crippen LogP contribution is 2.31. The maximum atomic E-state index is 13.9. The summed E-state index contributed by atoms with van der Waals surface area (Å²) in [5.74, 6) is 1.10. The highest BCUT2D eigenvalue weighted by atomic mass is 19.1. The number of nitrogens with zero attached hydrogens (tertiary/aromatic N) is 1. The molecule has 0 bridgehead atoms. The van der Waals surface area contributed by atoms with Crippen LogP contribution in [0, 0.1) is 17.7 Å². The van der Waals surface area contributed by atoms with Crippen molar-refractivity contribution >= 4 is 11.7 Å². The molecule has 1 unspecified atom stereocenters. The van der Waals surface area contributed by atoms with E-state index in [1.54, 1.807) is 6.07 Å². The monoisotopic (exact) mass is 405 g/mol. The SMILES string of the molecule is CCC1CCC(CNC(=O)NC(C)c2cc(F)ccc2N2CCC(O)CC2)CC1. The number of halogens is 1. The van der Waals surface area contributed by atoms with Gasteiger partial charge in [0.05, 0.1) is 12.1 Å². The van der Waals surface area contributed by atoms with Gasteiger partial charge >= 0.3 is 6.03 Å². The van der Waals surface area contributed by atoms with Crippen molar-refractivity contribution in [3.8, 4) is 0 Å². The summed E-state index contributed by atoms with van der Waals surface area (Å²) in [6, 6.07) is 4.26. The number of carbonyl (C=O) groups is 1. The second-order valence-electron chi connectivity index (χ2n) is 8.79. The van der Waals surface area contributed by atoms with Crippen molar-refractivity contribution in [1.82, 2.24) is 10.6 Å². The number of anilines is 1. The summed E-state index contributed by atoms with van der Waals surface area (Å²) in [5.41, 5.74) is 1.71. The molecule has 1 aromatic carbocycles. The van der Waals surface area contributed by atoms with E-state index >= 15 is 0 Å². The maximum absolute atomic E-state index is 13.9. The fourth-order valence-corrected chi connectivity index (χ4v) is 4.67. The van der Waals surface area contributed by atoms with Crippen molar-refractivity contribution in [3.63, 3.8) is 0 Å². The van der Waals surface area contributed by atoms with Crippen molar-refractivity contribution < 1.29 is 14.3 Å². The Labute approximate surface area is 174 Å². The van der Waals surface area contributed by atoms with Gasteiger partial charge in [0.25, 0.3) is 0 Å². The van der Waals surface area contributed by atoms with E-state index in [1.165, 1.54) is 44.2 Å². The minimum atomic E-state index is -0.303. The number of urea groups is 1. The van der Waals surface area contributed by atoms with Crippen LogP contribution in [0.2, 0.25) is 0 Å². The smallest absolute Gasteiger partial charge is 0.315 e. The van der Waals surface area contributed by atoms with E-state index in [2.05, 4.69) is 22.5 Å². The van der Waals surface area contributed by atoms with Gasteiger partial charge in [0.15, 0.2) is 0 Å². The highest BCUT2D eigenvalue weighted by Gasteiger charge is 2.23. The Morgan fingerprint density at radius 2 is 1.83 bits per heavy atom. The Morgan fingerprint density at radius 1 is 1.17 bits per heavy atom. The van der Waals surface area contributed by atoms with Crippen molar-refractivity contribution in [2.24, 2.45) is 11.8 Å². The molecule has 162 valence electrons. The van der Waals surface area contributed by atoms with Crippen LogP contribution in [-0.4, -0.2) is 36.9 Å². The molecule has 1 aliphatic heterocycles. The van der Waals surface area contributed by atoms with E-state index in [9.17, 15) is 14.3 Å². The first-order valence-corrected chi connectivity index (χ1v) is 11.2. The summed E-state index contributed by atoms with van der Waals surface area (Å²) in [5, 5.41) is 15.8. The molecule has 5 nitrogen and oxygen atoms in total. The summed E-state index contributed by atoms with van der Waals surface area (Å²) in [7, 11) is 0. The van der Waals surface area contributed by atoms with Crippen LogP contribution in [0.3, 0.4) is 0 Å². The fraction of sp³-hybridized carbons (Fsp3) is 0.696. The maximum Gasteiger partial charge on any atom is 0.315 e. The van der Waals surface area contributed by atoms with E-state index in [-0.39, 0.29) is 24.0 Å².